The van der Waals surface area contributed by atoms with E-state index in [-0.39, 0.29) is 5.41 Å². The maximum absolute atomic E-state index is 5.66. The Morgan fingerprint density at radius 3 is 2.71 bits per heavy atom. The maximum atomic E-state index is 5.66. The lowest BCUT2D eigenvalue weighted by Gasteiger charge is -2.39. The Labute approximate surface area is 172 Å². The topological polar surface area (TPSA) is 58.5 Å². The first kappa shape index (κ1) is 20.8. The molecule has 28 heavy (non-hydrogen) atoms. The minimum atomic E-state index is 0.0898. The number of aromatic nitrogens is 1. The van der Waals surface area contributed by atoms with Crippen LogP contribution in [0.5, 0.6) is 0 Å². The van der Waals surface area contributed by atoms with Crippen LogP contribution in [0, 0.1) is 6.92 Å². The standard InChI is InChI=1S/C22H32N4OS/c1-4-18-15-25-20(28-18)9-12-24-21(23-3)26-16-22(10-13-27-14-11-22)19-8-6-5-7-17(19)2/h5-8,15H,4,9-14,16H2,1-3H3,(H2,23,24,26). The Kier molecular flexibility index (Phi) is 7.45. The number of nitrogens with zero attached hydrogens (tertiary/aromatic N) is 2. The van der Waals surface area contributed by atoms with Gasteiger partial charge in [-0.05, 0) is 37.3 Å². The van der Waals surface area contributed by atoms with Gasteiger partial charge in [-0.1, -0.05) is 31.2 Å². The van der Waals surface area contributed by atoms with E-state index in [9.17, 15) is 0 Å². The van der Waals surface area contributed by atoms with Crippen molar-refractivity contribution in [2.45, 2.75) is 44.9 Å². The van der Waals surface area contributed by atoms with E-state index >= 15 is 0 Å². The zero-order valence-electron chi connectivity index (χ0n) is 17.3. The SMILES string of the molecule is CCc1cnc(CCNC(=NC)NCC2(c3ccccc3C)CCOCC2)s1. The molecule has 0 aliphatic carbocycles. The number of nitrogens with one attached hydrogen (secondary N) is 2. The summed E-state index contributed by atoms with van der Waals surface area (Å²) in [5.41, 5.74) is 2.87. The quantitative estimate of drug-likeness (QED) is 0.552. The summed E-state index contributed by atoms with van der Waals surface area (Å²) in [6.45, 7) is 7.69. The molecule has 1 saturated heterocycles. The van der Waals surface area contributed by atoms with Gasteiger partial charge in [0.2, 0.25) is 0 Å². The van der Waals surface area contributed by atoms with E-state index in [2.05, 4.69) is 58.7 Å². The number of hydrogen-bond donors (Lipinski definition) is 2. The molecule has 2 aromatic rings. The van der Waals surface area contributed by atoms with Gasteiger partial charge in [0.1, 0.15) is 0 Å². The predicted octanol–water partition coefficient (Wildman–Crippen LogP) is 3.47. The van der Waals surface area contributed by atoms with Crippen molar-refractivity contribution in [1.29, 1.82) is 0 Å². The van der Waals surface area contributed by atoms with E-state index < -0.39 is 0 Å². The van der Waals surface area contributed by atoms with Gasteiger partial charge < -0.3 is 15.4 Å². The first-order valence-corrected chi connectivity index (χ1v) is 11.0. The molecular weight excluding hydrogens is 368 g/mol. The Hall–Kier alpha value is -1.92. The van der Waals surface area contributed by atoms with Crippen molar-refractivity contribution in [3.63, 3.8) is 0 Å². The average Bonchev–Trinajstić information content (AvgIpc) is 3.19. The molecule has 0 atom stereocenters. The normalized spacial score (nSPS) is 16.8. The van der Waals surface area contributed by atoms with Gasteiger partial charge in [0, 0.05) is 56.3 Å². The second-order valence-electron chi connectivity index (χ2n) is 7.38. The highest BCUT2D eigenvalue weighted by Gasteiger charge is 2.35. The summed E-state index contributed by atoms with van der Waals surface area (Å²) >= 11 is 1.80. The van der Waals surface area contributed by atoms with Crippen molar-refractivity contribution in [3.8, 4) is 0 Å². The van der Waals surface area contributed by atoms with Gasteiger partial charge in [0.25, 0.3) is 0 Å². The van der Waals surface area contributed by atoms with E-state index in [1.165, 1.54) is 21.0 Å². The molecule has 5 nitrogen and oxygen atoms in total. The first-order chi connectivity index (χ1) is 13.7. The van der Waals surface area contributed by atoms with Crippen molar-refractivity contribution in [3.05, 3.63) is 51.5 Å². The molecule has 1 aliphatic rings. The molecule has 0 radical (unpaired) electrons. The average molecular weight is 401 g/mol. The summed E-state index contributed by atoms with van der Waals surface area (Å²) in [6, 6.07) is 8.73. The molecule has 3 rings (SSSR count). The molecule has 2 N–H and O–H groups in total. The third-order valence-corrected chi connectivity index (χ3v) is 6.77. The highest BCUT2D eigenvalue weighted by molar-refractivity contribution is 7.11. The molecule has 1 aromatic heterocycles. The van der Waals surface area contributed by atoms with Crippen LogP contribution in [0.4, 0.5) is 0 Å². The Morgan fingerprint density at radius 2 is 2.04 bits per heavy atom. The monoisotopic (exact) mass is 400 g/mol. The summed E-state index contributed by atoms with van der Waals surface area (Å²) in [5.74, 6) is 0.853. The third kappa shape index (κ3) is 5.11. The number of thiazole rings is 1. The Morgan fingerprint density at radius 1 is 1.25 bits per heavy atom. The largest absolute Gasteiger partial charge is 0.381 e. The fourth-order valence-electron chi connectivity index (χ4n) is 3.86. The second kappa shape index (κ2) is 10.0. The lowest BCUT2D eigenvalue weighted by molar-refractivity contribution is 0.0512. The molecule has 1 aliphatic heterocycles. The van der Waals surface area contributed by atoms with Crippen LogP contribution in [0.1, 0.15) is 40.8 Å². The molecule has 1 aromatic carbocycles. The molecule has 0 spiro atoms. The van der Waals surface area contributed by atoms with Crippen LogP contribution in [-0.2, 0) is 23.0 Å². The molecule has 152 valence electrons. The van der Waals surface area contributed by atoms with Gasteiger partial charge in [0.05, 0.1) is 5.01 Å². The fraction of sp³-hybridized carbons (Fsp3) is 0.545. The van der Waals surface area contributed by atoms with Crippen LogP contribution in [0.25, 0.3) is 0 Å². The van der Waals surface area contributed by atoms with Gasteiger partial charge in [-0.15, -0.1) is 11.3 Å². The number of aliphatic imine (C=N–C) groups is 1. The molecule has 1 fully saturated rings. The number of aryl methyl sites for hydroxylation is 2. The molecule has 6 heteroatoms. The van der Waals surface area contributed by atoms with E-state index in [1.807, 2.05) is 13.2 Å². The van der Waals surface area contributed by atoms with E-state index in [0.29, 0.717) is 0 Å². The number of rotatable bonds is 7. The van der Waals surface area contributed by atoms with Gasteiger partial charge in [-0.25, -0.2) is 4.98 Å². The summed E-state index contributed by atoms with van der Waals surface area (Å²) in [4.78, 5) is 10.3. The number of benzene rings is 1. The second-order valence-corrected chi connectivity index (χ2v) is 8.58. The van der Waals surface area contributed by atoms with Crippen molar-refractivity contribution in [2.24, 2.45) is 4.99 Å². The van der Waals surface area contributed by atoms with Crippen LogP contribution >= 0.6 is 11.3 Å². The lowest BCUT2D eigenvalue weighted by atomic mass is 9.72. The van der Waals surface area contributed by atoms with E-state index in [0.717, 1.165) is 57.9 Å². The highest BCUT2D eigenvalue weighted by atomic mass is 32.1. The molecule has 0 unspecified atom stereocenters. The molecule has 0 saturated carbocycles. The zero-order valence-corrected chi connectivity index (χ0v) is 18.1. The summed E-state index contributed by atoms with van der Waals surface area (Å²) in [7, 11) is 1.83. The number of ether oxygens (including phenoxy) is 1. The van der Waals surface area contributed by atoms with Gasteiger partial charge >= 0.3 is 0 Å². The minimum Gasteiger partial charge on any atom is -0.381 e. The first-order valence-electron chi connectivity index (χ1n) is 10.2. The van der Waals surface area contributed by atoms with Crippen molar-refractivity contribution in [1.82, 2.24) is 15.6 Å². The van der Waals surface area contributed by atoms with E-state index in [4.69, 9.17) is 4.74 Å². The van der Waals surface area contributed by atoms with E-state index in [1.54, 1.807) is 11.3 Å². The minimum absolute atomic E-state index is 0.0898. The zero-order chi connectivity index (χ0) is 19.8. The van der Waals surface area contributed by atoms with Gasteiger partial charge in [0.15, 0.2) is 5.96 Å². The van der Waals surface area contributed by atoms with Crippen LogP contribution in [-0.4, -0.2) is 44.3 Å². The third-order valence-electron chi connectivity index (χ3n) is 5.57. The van der Waals surface area contributed by atoms with Crippen LogP contribution < -0.4 is 10.6 Å². The Bertz CT molecular complexity index is 780. The summed E-state index contributed by atoms with van der Waals surface area (Å²) < 4.78 is 5.66. The maximum Gasteiger partial charge on any atom is 0.191 e. The van der Waals surface area contributed by atoms with Crippen LogP contribution in [0.2, 0.25) is 0 Å². The van der Waals surface area contributed by atoms with Crippen molar-refractivity contribution >= 4 is 17.3 Å². The molecule has 2 heterocycles. The highest BCUT2D eigenvalue weighted by Crippen LogP contribution is 2.36. The smallest absolute Gasteiger partial charge is 0.191 e. The van der Waals surface area contributed by atoms with Crippen LogP contribution in [0.15, 0.2) is 35.5 Å². The Balaban J connectivity index is 1.59. The van der Waals surface area contributed by atoms with Crippen molar-refractivity contribution in [2.75, 3.05) is 33.4 Å². The van der Waals surface area contributed by atoms with Gasteiger partial charge in [-0.2, -0.15) is 0 Å². The van der Waals surface area contributed by atoms with Gasteiger partial charge in [-0.3, -0.25) is 4.99 Å². The molecular formula is C22H32N4OS. The fourth-order valence-corrected chi connectivity index (χ4v) is 4.72. The molecule has 0 amide bonds. The molecule has 0 bridgehead atoms. The number of hydrogen-bond acceptors (Lipinski definition) is 4. The summed E-state index contributed by atoms with van der Waals surface area (Å²) in [6.07, 6.45) is 6.02. The predicted molar refractivity (Wildman–Crippen MR) is 117 cm³/mol. The number of guanidine groups is 1. The lowest BCUT2D eigenvalue weighted by Crippen LogP contribution is -2.48. The van der Waals surface area contributed by atoms with Crippen LogP contribution in [0.3, 0.4) is 0 Å². The van der Waals surface area contributed by atoms with Crippen molar-refractivity contribution < 1.29 is 4.74 Å². The summed E-state index contributed by atoms with van der Waals surface area (Å²) in [5, 5.41) is 8.20.